The van der Waals surface area contributed by atoms with Crippen LogP contribution in [0.5, 0.6) is 17.2 Å². The lowest BCUT2D eigenvalue weighted by Gasteiger charge is -2.11. The van der Waals surface area contributed by atoms with Crippen molar-refractivity contribution in [2.45, 2.75) is 6.54 Å². The lowest BCUT2D eigenvalue weighted by Crippen LogP contribution is -2.14. The summed E-state index contributed by atoms with van der Waals surface area (Å²) in [5.74, 6) is 1.15. The van der Waals surface area contributed by atoms with Crippen molar-refractivity contribution in [1.82, 2.24) is 9.78 Å². The van der Waals surface area contributed by atoms with E-state index in [1.165, 1.54) is 7.11 Å². The van der Waals surface area contributed by atoms with E-state index in [-0.39, 0.29) is 5.57 Å². The second-order valence-corrected chi connectivity index (χ2v) is 8.03. The zero-order valence-corrected chi connectivity index (χ0v) is 20.8. The van der Waals surface area contributed by atoms with Crippen LogP contribution in [0, 0.1) is 11.3 Å². The highest BCUT2D eigenvalue weighted by Gasteiger charge is 2.17. The molecule has 0 aliphatic heterocycles. The van der Waals surface area contributed by atoms with E-state index in [1.54, 1.807) is 43.2 Å². The zero-order valence-electron chi connectivity index (χ0n) is 20.8. The number of carbonyl (C=O) groups excluding carboxylic acids is 1. The van der Waals surface area contributed by atoms with Gasteiger partial charge >= 0.3 is 0 Å². The van der Waals surface area contributed by atoms with Crippen molar-refractivity contribution in [3.63, 3.8) is 0 Å². The number of aromatic nitrogens is 2. The number of methoxy groups -OCH3 is 3. The predicted octanol–water partition coefficient (Wildman–Crippen LogP) is 5.17. The molecule has 0 spiro atoms. The van der Waals surface area contributed by atoms with Crippen LogP contribution in [-0.4, -0.2) is 37.0 Å². The Morgan fingerprint density at radius 1 is 0.973 bits per heavy atom. The van der Waals surface area contributed by atoms with Crippen molar-refractivity contribution in [2.75, 3.05) is 26.6 Å². The molecule has 0 unspecified atom stereocenters. The van der Waals surface area contributed by atoms with Crippen LogP contribution < -0.4 is 19.5 Å². The molecule has 0 saturated carbocycles. The maximum Gasteiger partial charge on any atom is 0.266 e. The lowest BCUT2D eigenvalue weighted by atomic mass is 10.1. The second kappa shape index (κ2) is 11.6. The fourth-order valence-electron chi connectivity index (χ4n) is 3.76. The van der Waals surface area contributed by atoms with Crippen molar-refractivity contribution in [3.8, 4) is 34.6 Å². The van der Waals surface area contributed by atoms with Gasteiger partial charge in [0.05, 0.1) is 39.3 Å². The van der Waals surface area contributed by atoms with Gasteiger partial charge in [0, 0.05) is 23.4 Å². The molecule has 8 nitrogen and oxygen atoms in total. The molecular formula is C29H26N4O4. The molecule has 37 heavy (non-hydrogen) atoms. The molecule has 1 heterocycles. The molecule has 1 N–H and O–H groups in total. The normalized spacial score (nSPS) is 10.9. The van der Waals surface area contributed by atoms with Crippen LogP contribution in [0.15, 0.2) is 84.6 Å². The van der Waals surface area contributed by atoms with E-state index < -0.39 is 5.91 Å². The number of nitriles is 1. The Kier molecular flexibility index (Phi) is 7.86. The number of hydrogen-bond donors (Lipinski definition) is 1. The molecule has 1 aromatic heterocycles. The van der Waals surface area contributed by atoms with Gasteiger partial charge in [-0.1, -0.05) is 30.3 Å². The maximum absolute atomic E-state index is 13.1. The summed E-state index contributed by atoms with van der Waals surface area (Å²) in [7, 11) is 4.64. The van der Waals surface area contributed by atoms with Gasteiger partial charge in [0.2, 0.25) is 0 Å². The minimum absolute atomic E-state index is 0.0770. The van der Waals surface area contributed by atoms with E-state index in [9.17, 15) is 10.1 Å². The molecule has 3 aromatic carbocycles. The van der Waals surface area contributed by atoms with Gasteiger partial charge in [-0.25, -0.2) is 0 Å². The number of rotatable bonds is 9. The minimum atomic E-state index is -0.567. The summed E-state index contributed by atoms with van der Waals surface area (Å²) in [5.41, 5.74) is 3.52. The molecule has 0 radical (unpaired) electrons. The summed E-state index contributed by atoms with van der Waals surface area (Å²) >= 11 is 0. The molecule has 0 aliphatic rings. The fourth-order valence-corrected chi connectivity index (χ4v) is 3.76. The van der Waals surface area contributed by atoms with Gasteiger partial charge in [0.15, 0.2) is 0 Å². The number of nitrogens with zero attached hydrogens (tertiary/aromatic N) is 3. The zero-order chi connectivity index (χ0) is 26.2. The average Bonchev–Trinajstić information content (AvgIpc) is 3.34. The van der Waals surface area contributed by atoms with Crippen LogP contribution in [0.1, 0.15) is 11.1 Å². The van der Waals surface area contributed by atoms with Crippen molar-refractivity contribution < 1.29 is 19.0 Å². The number of hydrogen-bond acceptors (Lipinski definition) is 6. The van der Waals surface area contributed by atoms with Gasteiger partial charge in [-0.3, -0.25) is 9.48 Å². The lowest BCUT2D eigenvalue weighted by molar-refractivity contribution is -0.112. The first-order valence-corrected chi connectivity index (χ1v) is 11.5. The van der Waals surface area contributed by atoms with E-state index in [2.05, 4.69) is 5.32 Å². The largest absolute Gasteiger partial charge is 0.497 e. The number of anilines is 1. The van der Waals surface area contributed by atoms with E-state index in [4.69, 9.17) is 19.3 Å². The quantitative estimate of drug-likeness (QED) is 0.255. The summed E-state index contributed by atoms with van der Waals surface area (Å²) in [6, 6.07) is 24.4. The number of amides is 1. The van der Waals surface area contributed by atoms with Crippen LogP contribution >= 0.6 is 0 Å². The average molecular weight is 495 g/mol. The van der Waals surface area contributed by atoms with Gasteiger partial charge in [-0.15, -0.1) is 0 Å². The molecule has 0 saturated heterocycles. The molecule has 4 aromatic rings. The van der Waals surface area contributed by atoms with Crippen molar-refractivity contribution in [2.24, 2.45) is 0 Å². The van der Waals surface area contributed by atoms with E-state index in [0.717, 1.165) is 16.9 Å². The van der Waals surface area contributed by atoms with E-state index in [0.29, 0.717) is 35.0 Å². The smallest absolute Gasteiger partial charge is 0.266 e. The molecular weight excluding hydrogens is 468 g/mol. The van der Waals surface area contributed by atoms with Gasteiger partial charge in [0.25, 0.3) is 5.91 Å². The van der Waals surface area contributed by atoms with Crippen LogP contribution in [-0.2, 0) is 11.3 Å². The number of ether oxygens (including phenoxy) is 3. The maximum atomic E-state index is 13.1. The molecule has 0 atom stereocenters. The van der Waals surface area contributed by atoms with Crippen LogP contribution in [0.2, 0.25) is 0 Å². The summed E-state index contributed by atoms with van der Waals surface area (Å²) in [6.45, 7) is 0.537. The highest BCUT2D eigenvalue weighted by atomic mass is 16.5. The first kappa shape index (κ1) is 25.1. The molecule has 8 heteroatoms. The Bertz CT molecular complexity index is 1450. The third kappa shape index (κ3) is 5.97. The Hall–Kier alpha value is -5.03. The molecule has 1 amide bonds. The first-order valence-electron chi connectivity index (χ1n) is 11.5. The third-order valence-corrected chi connectivity index (χ3v) is 5.66. The summed E-state index contributed by atoms with van der Waals surface area (Å²) in [5, 5.41) is 17.4. The van der Waals surface area contributed by atoms with Crippen molar-refractivity contribution in [1.29, 1.82) is 5.26 Å². The van der Waals surface area contributed by atoms with Crippen LogP contribution in [0.25, 0.3) is 17.3 Å². The van der Waals surface area contributed by atoms with Crippen LogP contribution in [0.3, 0.4) is 0 Å². The van der Waals surface area contributed by atoms with Gasteiger partial charge in [-0.2, -0.15) is 10.4 Å². The van der Waals surface area contributed by atoms with Crippen LogP contribution in [0.4, 0.5) is 5.69 Å². The first-order chi connectivity index (χ1) is 18.0. The topological polar surface area (TPSA) is 98.4 Å². The van der Waals surface area contributed by atoms with Gasteiger partial charge < -0.3 is 19.5 Å². The van der Waals surface area contributed by atoms with Crippen molar-refractivity contribution in [3.05, 3.63) is 95.7 Å². The van der Waals surface area contributed by atoms with Gasteiger partial charge in [-0.05, 0) is 48.0 Å². The number of carbonyl (C=O) groups is 1. The fraction of sp³-hybridized carbons (Fsp3) is 0.138. The molecule has 186 valence electrons. The van der Waals surface area contributed by atoms with Gasteiger partial charge in [0.1, 0.15) is 28.9 Å². The molecule has 0 fully saturated rings. The highest BCUT2D eigenvalue weighted by molar-refractivity contribution is 6.10. The SMILES string of the molecule is COc1ccc(-c2nn(Cc3ccccc3)cc2C=C(C#N)C(=O)Nc2ccc(OC)cc2OC)cc1. The van der Waals surface area contributed by atoms with Crippen molar-refractivity contribution >= 4 is 17.7 Å². The van der Waals surface area contributed by atoms with E-state index >= 15 is 0 Å². The summed E-state index contributed by atoms with van der Waals surface area (Å²) < 4.78 is 17.6. The number of benzene rings is 3. The highest BCUT2D eigenvalue weighted by Crippen LogP contribution is 2.30. The molecule has 0 bridgehead atoms. The standard InChI is InChI=1S/C29H26N4O4/c1-35-24-11-9-21(10-12-24)28-23(19-33(32-28)18-20-7-5-4-6-8-20)15-22(17-30)29(34)31-26-14-13-25(36-2)16-27(26)37-3/h4-16,19H,18H2,1-3H3,(H,31,34). The predicted molar refractivity (Wildman–Crippen MR) is 142 cm³/mol. The monoisotopic (exact) mass is 494 g/mol. The molecule has 4 rings (SSSR count). The number of nitrogens with one attached hydrogen (secondary N) is 1. The summed E-state index contributed by atoms with van der Waals surface area (Å²) in [4.78, 5) is 13.1. The third-order valence-electron chi connectivity index (χ3n) is 5.66. The Morgan fingerprint density at radius 2 is 1.68 bits per heavy atom. The second-order valence-electron chi connectivity index (χ2n) is 8.03. The van der Waals surface area contributed by atoms with E-state index in [1.807, 2.05) is 66.9 Å². The summed E-state index contributed by atoms with van der Waals surface area (Å²) in [6.07, 6.45) is 3.37. The Morgan fingerprint density at radius 3 is 2.32 bits per heavy atom. The Labute approximate surface area is 215 Å². The Balaban J connectivity index is 1.69. The molecule has 0 aliphatic carbocycles. The minimum Gasteiger partial charge on any atom is -0.497 e.